The third-order valence-electron chi connectivity index (χ3n) is 3.81. The van der Waals surface area contributed by atoms with Crippen molar-refractivity contribution in [2.24, 2.45) is 0 Å². The highest BCUT2D eigenvalue weighted by Gasteiger charge is 2.28. The summed E-state index contributed by atoms with van der Waals surface area (Å²) in [6.07, 6.45) is 2.70. The molecule has 0 heterocycles. The average molecular weight is 384 g/mol. The molecule has 0 atom stereocenters. The summed E-state index contributed by atoms with van der Waals surface area (Å²) in [5.41, 5.74) is 0.668. The van der Waals surface area contributed by atoms with Crippen LogP contribution in [0.15, 0.2) is 23.1 Å². The summed E-state index contributed by atoms with van der Waals surface area (Å²) >= 11 is 0. The molecule has 1 amide bonds. The predicted octanol–water partition coefficient (Wildman–Crippen LogP) is 1.75. The second-order valence-corrected chi connectivity index (χ2v) is 8.45. The Morgan fingerprint density at radius 2 is 2.04 bits per heavy atom. The molecule has 0 bridgehead atoms. The van der Waals surface area contributed by atoms with Crippen molar-refractivity contribution >= 4 is 15.9 Å². The monoisotopic (exact) mass is 384 g/mol. The molecule has 0 aromatic heterocycles. The van der Waals surface area contributed by atoms with Crippen LogP contribution >= 0.6 is 0 Å². The molecule has 0 saturated heterocycles. The number of nitrogens with one attached hydrogen (secondary N) is 2. The first kappa shape index (κ1) is 20.7. The Hall–Kier alpha value is -1.64. The van der Waals surface area contributed by atoms with E-state index in [9.17, 15) is 13.2 Å². The van der Waals surface area contributed by atoms with Crippen molar-refractivity contribution in [2.45, 2.75) is 57.1 Å². The number of hydrogen-bond acceptors (Lipinski definition) is 5. The van der Waals surface area contributed by atoms with Crippen LogP contribution in [0, 0.1) is 6.92 Å². The summed E-state index contributed by atoms with van der Waals surface area (Å²) < 4.78 is 37.9. The first-order valence-corrected chi connectivity index (χ1v) is 10.4. The quantitative estimate of drug-likeness (QED) is 0.567. The van der Waals surface area contributed by atoms with Crippen LogP contribution in [0.3, 0.4) is 0 Å². The molecule has 1 aliphatic rings. The second-order valence-electron chi connectivity index (χ2n) is 6.73. The Kier molecular flexibility index (Phi) is 7.43. The topological polar surface area (TPSA) is 93.7 Å². The van der Waals surface area contributed by atoms with Gasteiger partial charge in [0.1, 0.15) is 5.75 Å². The number of sulfonamides is 1. The van der Waals surface area contributed by atoms with Crippen molar-refractivity contribution in [3.8, 4) is 5.75 Å². The van der Waals surface area contributed by atoms with Crippen LogP contribution in [0.25, 0.3) is 0 Å². The molecule has 2 rings (SSSR count). The number of carbonyl (C=O) groups is 1. The molecule has 2 N–H and O–H groups in total. The smallest absolute Gasteiger partial charge is 0.257 e. The Labute approximate surface area is 155 Å². The van der Waals surface area contributed by atoms with Crippen LogP contribution < -0.4 is 14.8 Å². The van der Waals surface area contributed by atoms with Crippen molar-refractivity contribution in [1.82, 2.24) is 10.0 Å². The second kappa shape index (κ2) is 9.34. The Morgan fingerprint density at radius 1 is 1.31 bits per heavy atom. The number of amides is 1. The lowest BCUT2D eigenvalue weighted by molar-refractivity contribution is -0.123. The van der Waals surface area contributed by atoms with Gasteiger partial charge in [-0.25, -0.2) is 13.1 Å². The molecule has 1 aliphatic carbocycles. The molecule has 0 aliphatic heterocycles. The maximum absolute atomic E-state index is 12.2. The number of rotatable bonds is 11. The van der Waals surface area contributed by atoms with E-state index in [4.69, 9.17) is 9.47 Å². The van der Waals surface area contributed by atoms with Gasteiger partial charge in [-0.05, 0) is 63.8 Å². The number of ether oxygens (including phenoxy) is 2. The van der Waals surface area contributed by atoms with Crippen LogP contribution in [0.1, 0.15) is 38.7 Å². The SMILES string of the molecule is Cc1cc(S(=O)(=O)NC2CC2)ccc1OCC(=O)NCCCOC(C)C. The van der Waals surface area contributed by atoms with Gasteiger partial charge in [-0.15, -0.1) is 0 Å². The third kappa shape index (κ3) is 6.93. The highest BCUT2D eigenvalue weighted by atomic mass is 32.2. The van der Waals surface area contributed by atoms with Crippen molar-refractivity contribution in [3.05, 3.63) is 23.8 Å². The van der Waals surface area contributed by atoms with Crippen LogP contribution in [-0.2, 0) is 19.6 Å². The summed E-state index contributed by atoms with van der Waals surface area (Å²) in [6.45, 7) is 6.70. The van der Waals surface area contributed by atoms with E-state index in [1.54, 1.807) is 19.1 Å². The van der Waals surface area contributed by atoms with E-state index < -0.39 is 10.0 Å². The highest BCUT2D eigenvalue weighted by molar-refractivity contribution is 7.89. The van der Waals surface area contributed by atoms with E-state index in [-0.39, 0.29) is 29.6 Å². The van der Waals surface area contributed by atoms with E-state index in [2.05, 4.69) is 10.0 Å². The molecular weight excluding hydrogens is 356 g/mol. The van der Waals surface area contributed by atoms with E-state index in [1.165, 1.54) is 6.07 Å². The summed E-state index contributed by atoms with van der Waals surface area (Å²) in [7, 11) is -3.49. The Bertz CT molecular complexity index is 714. The van der Waals surface area contributed by atoms with Gasteiger partial charge in [0.05, 0.1) is 11.0 Å². The number of carbonyl (C=O) groups excluding carboxylic acids is 1. The molecule has 8 heteroatoms. The van der Waals surface area contributed by atoms with Gasteiger partial charge in [-0.1, -0.05) is 0 Å². The van der Waals surface area contributed by atoms with Gasteiger partial charge in [0.25, 0.3) is 5.91 Å². The lowest BCUT2D eigenvalue weighted by Crippen LogP contribution is -2.30. The fourth-order valence-corrected chi connectivity index (χ4v) is 3.64. The minimum absolute atomic E-state index is 0.0610. The van der Waals surface area contributed by atoms with Gasteiger partial charge in [-0.2, -0.15) is 0 Å². The zero-order chi connectivity index (χ0) is 19.2. The zero-order valence-corrected chi connectivity index (χ0v) is 16.4. The molecule has 1 aromatic rings. The normalized spacial score (nSPS) is 14.5. The number of benzene rings is 1. The fraction of sp³-hybridized carbons (Fsp3) is 0.611. The fourth-order valence-electron chi connectivity index (χ4n) is 2.25. The zero-order valence-electron chi connectivity index (χ0n) is 15.6. The summed E-state index contributed by atoms with van der Waals surface area (Å²) in [6, 6.07) is 4.70. The molecule has 146 valence electrons. The molecule has 1 aromatic carbocycles. The number of aryl methyl sites for hydroxylation is 1. The molecular formula is C18H28N2O5S. The lowest BCUT2D eigenvalue weighted by Gasteiger charge is -2.12. The first-order valence-electron chi connectivity index (χ1n) is 8.92. The molecule has 1 saturated carbocycles. The highest BCUT2D eigenvalue weighted by Crippen LogP contribution is 2.25. The van der Waals surface area contributed by atoms with Crippen LogP contribution in [0.4, 0.5) is 0 Å². The van der Waals surface area contributed by atoms with Gasteiger partial charge in [0.15, 0.2) is 6.61 Å². The van der Waals surface area contributed by atoms with Gasteiger partial charge >= 0.3 is 0 Å². The van der Waals surface area contributed by atoms with Gasteiger partial charge in [0.2, 0.25) is 10.0 Å². The lowest BCUT2D eigenvalue weighted by atomic mass is 10.2. The summed E-state index contributed by atoms with van der Waals surface area (Å²) in [5, 5.41) is 2.76. The first-order chi connectivity index (χ1) is 12.3. The van der Waals surface area contributed by atoms with Crippen LogP contribution in [0.2, 0.25) is 0 Å². The molecule has 1 fully saturated rings. The molecule has 0 unspecified atom stereocenters. The van der Waals surface area contributed by atoms with Crippen molar-refractivity contribution < 1.29 is 22.7 Å². The number of hydrogen-bond donors (Lipinski definition) is 2. The van der Waals surface area contributed by atoms with E-state index in [0.29, 0.717) is 24.5 Å². The molecule has 0 radical (unpaired) electrons. The minimum atomic E-state index is -3.49. The van der Waals surface area contributed by atoms with Crippen LogP contribution in [0.5, 0.6) is 5.75 Å². The van der Waals surface area contributed by atoms with E-state index in [1.807, 2.05) is 13.8 Å². The maximum atomic E-state index is 12.2. The van der Waals surface area contributed by atoms with Crippen molar-refractivity contribution in [1.29, 1.82) is 0 Å². The Balaban J connectivity index is 1.78. The van der Waals surface area contributed by atoms with Crippen LogP contribution in [-0.4, -0.2) is 46.2 Å². The largest absolute Gasteiger partial charge is 0.484 e. The molecule has 0 spiro atoms. The van der Waals surface area contributed by atoms with Gasteiger partial charge in [-0.3, -0.25) is 4.79 Å². The van der Waals surface area contributed by atoms with Gasteiger partial charge in [0, 0.05) is 19.2 Å². The minimum Gasteiger partial charge on any atom is -0.484 e. The van der Waals surface area contributed by atoms with Gasteiger partial charge < -0.3 is 14.8 Å². The predicted molar refractivity (Wildman–Crippen MR) is 98.7 cm³/mol. The average Bonchev–Trinajstić information content (AvgIpc) is 3.36. The molecule has 26 heavy (non-hydrogen) atoms. The van der Waals surface area contributed by atoms with Crippen molar-refractivity contribution in [2.75, 3.05) is 19.8 Å². The van der Waals surface area contributed by atoms with E-state index in [0.717, 1.165) is 19.3 Å². The summed E-state index contributed by atoms with van der Waals surface area (Å²) in [5.74, 6) is 0.273. The third-order valence-corrected chi connectivity index (χ3v) is 5.33. The van der Waals surface area contributed by atoms with E-state index >= 15 is 0 Å². The molecule has 7 nitrogen and oxygen atoms in total. The Morgan fingerprint density at radius 3 is 2.65 bits per heavy atom. The summed E-state index contributed by atoms with van der Waals surface area (Å²) in [4.78, 5) is 12.0. The van der Waals surface area contributed by atoms with Crippen molar-refractivity contribution in [3.63, 3.8) is 0 Å². The standard InChI is InChI=1S/C18H28N2O5S/c1-13(2)24-10-4-9-19-18(21)12-25-17-8-7-16(11-14(17)3)26(22,23)20-15-5-6-15/h7-8,11,13,15,20H,4-6,9-10,12H2,1-3H3,(H,19,21). The maximum Gasteiger partial charge on any atom is 0.257 e.